The fourth-order valence-electron chi connectivity index (χ4n) is 1.41. The van der Waals surface area contributed by atoms with Gasteiger partial charge in [-0.2, -0.15) is 0 Å². The SMILES string of the molecule is COc1cc(F)ccc1NC(=O)c1cnc(N)cn1. The highest BCUT2D eigenvalue weighted by atomic mass is 19.1. The lowest BCUT2D eigenvalue weighted by molar-refractivity contribution is 0.102. The standard InChI is InChI=1S/C12H11FN4O2/c1-19-10-4-7(13)2-3-8(10)17-12(18)9-5-16-11(14)6-15-9/h2-6H,1H3,(H2,14,16)(H,17,18). The molecule has 0 saturated heterocycles. The summed E-state index contributed by atoms with van der Waals surface area (Å²) in [6, 6.07) is 3.79. The molecule has 0 aliphatic carbocycles. The molecule has 6 nitrogen and oxygen atoms in total. The molecule has 0 spiro atoms. The van der Waals surface area contributed by atoms with Crippen molar-refractivity contribution in [2.75, 3.05) is 18.2 Å². The number of hydrogen-bond donors (Lipinski definition) is 2. The molecule has 0 saturated carbocycles. The second kappa shape index (κ2) is 5.30. The van der Waals surface area contributed by atoms with E-state index in [0.717, 1.165) is 0 Å². The fourth-order valence-corrected chi connectivity index (χ4v) is 1.41. The predicted molar refractivity (Wildman–Crippen MR) is 67.3 cm³/mol. The van der Waals surface area contributed by atoms with Crippen LogP contribution >= 0.6 is 0 Å². The molecule has 0 unspecified atom stereocenters. The zero-order valence-corrected chi connectivity index (χ0v) is 10.1. The van der Waals surface area contributed by atoms with E-state index in [2.05, 4.69) is 15.3 Å². The second-order valence-corrected chi connectivity index (χ2v) is 3.63. The lowest BCUT2D eigenvalue weighted by Crippen LogP contribution is -2.15. The van der Waals surface area contributed by atoms with Crippen molar-refractivity contribution in [2.24, 2.45) is 0 Å². The van der Waals surface area contributed by atoms with Crippen LogP contribution in [0.2, 0.25) is 0 Å². The molecule has 0 atom stereocenters. The molecule has 7 heteroatoms. The third kappa shape index (κ3) is 2.95. The van der Waals surface area contributed by atoms with Crippen LogP contribution in [0.5, 0.6) is 5.75 Å². The number of ether oxygens (including phenoxy) is 1. The number of carbonyl (C=O) groups excluding carboxylic acids is 1. The highest BCUT2D eigenvalue weighted by molar-refractivity contribution is 6.03. The van der Waals surface area contributed by atoms with Crippen LogP contribution < -0.4 is 15.8 Å². The first-order valence-corrected chi connectivity index (χ1v) is 5.32. The van der Waals surface area contributed by atoms with E-state index in [9.17, 15) is 9.18 Å². The number of methoxy groups -OCH3 is 1. The second-order valence-electron chi connectivity index (χ2n) is 3.63. The average molecular weight is 262 g/mol. The van der Waals surface area contributed by atoms with E-state index in [1.54, 1.807) is 0 Å². The summed E-state index contributed by atoms with van der Waals surface area (Å²) in [7, 11) is 1.38. The van der Waals surface area contributed by atoms with Gasteiger partial charge in [-0.05, 0) is 12.1 Å². The summed E-state index contributed by atoms with van der Waals surface area (Å²) in [6.45, 7) is 0. The van der Waals surface area contributed by atoms with Gasteiger partial charge in [-0.15, -0.1) is 0 Å². The number of nitrogens with two attached hydrogens (primary N) is 1. The number of amides is 1. The number of nitrogens with one attached hydrogen (secondary N) is 1. The van der Waals surface area contributed by atoms with Gasteiger partial charge in [0.05, 0.1) is 25.2 Å². The van der Waals surface area contributed by atoms with Gasteiger partial charge < -0.3 is 15.8 Å². The molecule has 98 valence electrons. The van der Waals surface area contributed by atoms with E-state index in [4.69, 9.17) is 10.5 Å². The van der Waals surface area contributed by atoms with E-state index in [1.807, 2.05) is 0 Å². The monoisotopic (exact) mass is 262 g/mol. The summed E-state index contributed by atoms with van der Waals surface area (Å²) in [6.07, 6.45) is 2.53. The Morgan fingerprint density at radius 2 is 2.16 bits per heavy atom. The molecule has 19 heavy (non-hydrogen) atoms. The van der Waals surface area contributed by atoms with Crippen molar-refractivity contribution >= 4 is 17.4 Å². The largest absolute Gasteiger partial charge is 0.494 e. The number of aromatic nitrogens is 2. The average Bonchev–Trinajstić information content (AvgIpc) is 2.41. The van der Waals surface area contributed by atoms with Crippen molar-refractivity contribution in [3.63, 3.8) is 0 Å². The Labute approximate surface area is 108 Å². The van der Waals surface area contributed by atoms with Crippen LogP contribution in [0.15, 0.2) is 30.6 Å². The molecule has 1 amide bonds. The maximum Gasteiger partial charge on any atom is 0.275 e. The van der Waals surface area contributed by atoms with Crippen molar-refractivity contribution < 1.29 is 13.9 Å². The molecule has 1 aromatic carbocycles. The van der Waals surface area contributed by atoms with Gasteiger partial charge in [-0.3, -0.25) is 4.79 Å². The number of halogens is 1. The number of anilines is 2. The van der Waals surface area contributed by atoms with Crippen LogP contribution in [0.25, 0.3) is 0 Å². The Morgan fingerprint density at radius 1 is 1.37 bits per heavy atom. The molecule has 1 heterocycles. The summed E-state index contributed by atoms with van der Waals surface area (Å²) in [4.78, 5) is 19.5. The lowest BCUT2D eigenvalue weighted by atomic mass is 10.2. The molecule has 0 fully saturated rings. The minimum Gasteiger partial charge on any atom is -0.494 e. The first kappa shape index (κ1) is 12.7. The molecule has 2 aromatic rings. The van der Waals surface area contributed by atoms with E-state index < -0.39 is 11.7 Å². The van der Waals surface area contributed by atoms with Crippen molar-refractivity contribution in [1.82, 2.24) is 9.97 Å². The molecule has 0 bridgehead atoms. The molecule has 0 aliphatic heterocycles. The van der Waals surface area contributed by atoms with Crippen molar-refractivity contribution in [3.05, 3.63) is 42.1 Å². The van der Waals surface area contributed by atoms with Gasteiger partial charge in [-0.1, -0.05) is 0 Å². The van der Waals surface area contributed by atoms with Gasteiger partial charge in [0.15, 0.2) is 0 Å². The van der Waals surface area contributed by atoms with E-state index in [-0.39, 0.29) is 17.3 Å². The molecular formula is C12H11FN4O2. The van der Waals surface area contributed by atoms with Gasteiger partial charge in [0.1, 0.15) is 23.1 Å². The Bertz CT molecular complexity index is 601. The third-order valence-corrected chi connectivity index (χ3v) is 2.32. The Morgan fingerprint density at radius 3 is 2.79 bits per heavy atom. The first-order valence-electron chi connectivity index (χ1n) is 5.32. The molecule has 0 radical (unpaired) electrons. The van der Waals surface area contributed by atoms with Crippen LogP contribution in [0.4, 0.5) is 15.9 Å². The summed E-state index contributed by atoms with van der Waals surface area (Å²) >= 11 is 0. The van der Waals surface area contributed by atoms with E-state index >= 15 is 0 Å². The summed E-state index contributed by atoms with van der Waals surface area (Å²) in [5.41, 5.74) is 5.81. The zero-order valence-electron chi connectivity index (χ0n) is 10.1. The highest BCUT2D eigenvalue weighted by Gasteiger charge is 2.11. The maximum atomic E-state index is 13.0. The van der Waals surface area contributed by atoms with Gasteiger partial charge in [0.2, 0.25) is 0 Å². The lowest BCUT2D eigenvalue weighted by Gasteiger charge is -2.09. The number of benzene rings is 1. The van der Waals surface area contributed by atoms with Crippen LogP contribution in [-0.4, -0.2) is 23.0 Å². The van der Waals surface area contributed by atoms with Crippen molar-refractivity contribution in [3.8, 4) is 5.75 Å². The van der Waals surface area contributed by atoms with Gasteiger partial charge >= 0.3 is 0 Å². The number of hydrogen-bond acceptors (Lipinski definition) is 5. The summed E-state index contributed by atoms with van der Waals surface area (Å²) in [5, 5.41) is 2.55. The fraction of sp³-hybridized carbons (Fsp3) is 0.0833. The smallest absolute Gasteiger partial charge is 0.275 e. The quantitative estimate of drug-likeness (QED) is 0.873. The molecule has 0 aliphatic rings. The minimum atomic E-state index is -0.489. The molecular weight excluding hydrogens is 251 g/mol. The normalized spacial score (nSPS) is 10.0. The number of rotatable bonds is 3. The van der Waals surface area contributed by atoms with Gasteiger partial charge in [-0.25, -0.2) is 14.4 Å². The third-order valence-electron chi connectivity index (χ3n) is 2.32. The Hall–Kier alpha value is -2.70. The highest BCUT2D eigenvalue weighted by Crippen LogP contribution is 2.25. The van der Waals surface area contributed by atoms with Crippen LogP contribution in [0, 0.1) is 5.82 Å². The van der Waals surface area contributed by atoms with Crippen LogP contribution in [0.1, 0.15) is 10.5 Å². The van der Waals surface area contributed by atoms with Crippen molar-refractivity contribution in [2.45, 2.75) is 0 Å². The number of nitrogens with zero attached hydrogens (tertiary/aromatic N) is 2. The number of carbonyl (C=O) groups is 1. The van der Waals surface area contributed by atoms with Gasteiger partial charge in [0.25, 0.3) is 5.91 Å². The van der Waals surface area contributed by atoms with Crippen molar-refractivity contribution in [1.29, 1.82) is 0 Å². The van der Waals surface area contributed by atoms with Crippen LogP contribution in [0.3, 0.4) is 0 Å². The predicted octanol–water partition coefficient (Wildman–Crippen LogP) is 1.46. The first-order chi connectivity index (χ1) is 9.10. The zero-order chi connectivity index (χ0) is 13.8. The van der Waals surface area contributed by atoms with E-state index in [0.29, 0.717) is 5.69 Å². The summed E-state index contributed by atoms with van der Waals surface area (Å²) in [5.74, 6) is -0.507. The van der Waals surface area contributed by atoms with Gasteiger partial charge in [0, 0.05) is 6.07 Å². The summed E-state index contributed by atoms with van der Waals surface area (Å²) < 4.78 is 18.0. The van der Waals surface area contributed by atoms with E-state index in [1.165, 1.54) is 37.7 Å². The Kier molecular flexibility index (Phi) is 3.56. The number of nitrogen functional groups attached to an aromatic ring is 1. The van der Waals surface area contributed by atoms with Crippen LogP contribution in [-0.2, 0) is 0 Å². The molecule has 2 rings (SSSR count). The minimum absolute atomic E-state index is 0.0978. The maximum absolute atomic E-state index is 13.0. The molecule has 3 N–H and O–H groups in total. The Balaban J connectivity index is 2.21. The molecule has 1 aromatic heterocycles. The topological polar surface area (TPSA) is 90.1 Å².